The van der Waals surface area contributed by atoms with Gasteiger partial charge in [-0.3, -0.25) is 4.79 Å². The molecular formula is C12H18ClN3O2. The van der Waals surface area contributed by atoms with Crippen LogP contribution in [0.5, 0.6) is 0 Å². The number of carbonyl (C=O) groups is 1. The van der Waals surface area contributed by atoms with E-state index in [0.29, 0.717) is 6.54 Å². The van der Waals surface area contributed by atoms with Gasteiger partial charge in [0, 0.05) is 12.2 Å². The van der Waals surface area contributed by atoms with Crippen molar-refractivity contribution in [3.8, 4) is 0 Å². The Morgan fingerprint density at radius 1 is 1.44 bits per heavy atom. The van der Waals surface area contributed by atoms with Crippen LogP contribution in [0.4, 0.5) is 0 Å². The molecule has 0 atom stereocenters. The van der Waals surface area contributed by atoms with E-state index in [-0.39, 0.29) is 17.8 Å². The Morgan fingerprint density at radius 3 is 2.67 bits per heavy atom. The van der Waals surface area contributed by atoms with Gasteiger partial charge in [0.25, 0.3) is 0 Å². The van der Waals surface area contributed by atoms with Crippen molar-refractivity contribution >= 4 is 17.6 Å². The van der Waals surface area contributed by atoms with E-state index in [4.69, 9.17) is 16.3 Å². The van der Waals surface area contributed by atoms with E-state index in [9.17, 15) is 4.79 Å². The summed E-state index contributed by atoms with van der Waals surface area (Å²) in [5, 5.41) is 3.17. The minimum Gasteiger partial charge on any atom is -0.459 e. The molecule has 0 aliphatic heterocycles. The molecule has 1 aromatic rings. The van der Waals surface area contributed by atoms with E-state index < -0.39 is 5.60 Å². The van der Waals surface area contributed by atoms with Crippen molar-refractivity contribution in [3.63, 3.8) is 0 Å². The Balaban J connectivity index is 2.40. The van der Waals surface area contributed by atoms with Crippen LogP contribution < -0.4 is 5.32 Å². The fourth-order valence-electron chi connectivity index (χ4n) is 1.36. The first-order valence-corrected chi connectivity index (χ1v) is 6.07. The fraction of sp³-hybridized carbons (Fsp3) is 0.583. The Kier molecular flexibility index (Phi) is 5.04. The quantitative estimate of drug-likeness (QED) is 0.669. The summed E-state index contributed by atoms with van der Waals surface area (Å²) in [6.45, 7) is 7.92. The van der Waals surface area contributed by atoms with E-state index in [0.717, 1.165) is 11.4 Å². The highest BCUT2D eigenvalue weighted by Crippen LogP contribution is 2.07. The van der Waals surface area contributed by atoms with Crippen molar-refractivity contribution in [2.75, 3.05) is 6.54 Å². The van der Waals surface area contributed by atoms with Gasteiger partial charge in [-0.1, -0.05) is 0 Å². The molecule has 6 heteroatoms. The lowest BCUT2D eigenvalue weighted by Gasteiger charge is -2.19. The van der Waals surface area contributed by atoms with Crippen LogP contribution in [0.3, 0.4) is 0 Å². The van der Waals surface area contributed by atoms with Gasteiger partial charge < -0.3 is 10.1 Å². The predicted octanol–water partition coefficient (Wildman–Crippen LogP) is 1.87. The third-order valence-electron chi connectivity index (χ3n) is 1.88. The number of ether oxygens (including phenoxy) is 1. The minimum absolute atomic E-state index is 0.137. The van der Waals surface area contributed by atoms with Gasteiger partial charge in [-0.25, -0.2) is 9.97 Å². The Bertz CT molecular complexity index is 410. The van der Waals surface area contributed by atoms with Gasteiger partial charge in [-0.2, -0.15) is 0 Å². The first-order chi connectivity index (χ1) is 8.26. The molecule has 0 unspecified atom stereocenters. The summed E-state index contributed by atoms with van der Waals surface area (Å²) in [4.78, 5) is 19.4. The van der Waals surface area contributed by atoms with Gasteiger partial charge in [0.2, 0.25) is 5.28 Å². The Morgan fingerprint density at radius 2 is 2.11 bits per heavy atom. The van der Waals surface area contributed by atoms with Gasteiger partial charge >= 0.3 is 5.97 Å². The lowest BCUT2D eigenvalue weighted by atomic mass is 10.2. The molecule has 0 radical (unpaired) electrons. The first-order valence-electron chi connectivity index (χ1n) is 5.69. The lowest BCUT2D eigenvalue weighted by Crippen LogP contribution is -2.31. The van der Waals surface area contributed by atoms with Crippen LogP contribution >= 0.6 is 11.6 Å². The second-order valence-corrected chi connectivity index (χ2v) is 5.30. The molecule has 0 amide bonds. The van der Waals surface area contributed by atoms with Crippen LogP contribution in [-0.4, -0.2) is 28.1 Å². The Labute approximate surface area is 112 Å². The van der Waals surface area contributed by atoms with E-state index in [1.807, 2.05) is 33.8 Å². The molecule has 1 rings (SSSR count). The van der Waals surface area contributed by atoms with Crippen LogP contribution in [0.1, 0.15) is 32.2 Å². The van der Waals surface area contributed by atoms with Gasteiger partial charge in [0.1, 0.15) is 5.60 Å². The molecule has 18 heavy (non-hydrogen) atoms. The lowest BCUT2D eigenvalue weighted by molar-refractivity contribution is -0.153. The predicted molar refractivity (Wildman–Crippen MR) is 69.3 cm³/mol. The summed E-state index contributed by atoms with van der Waals surface area (Å²) in [5.41, 5.74) is 1.08. The maximum Gasteiger partial charge on any atom is 0.320 e. The maximum absolute atomic E-state index is 11.4. The third-order valence-corrected chi connectivity index (χ3v) is 2.04. The second-order valence-electron chi connectivity index (χ2n) is 4.96. The number of halogens is 1. The van der Waals surface area contributed by atoms with Crippen molar-refractivity contribution in [3.05, 3.63) is 22.7 Å². The van der Waals surface area contributed by atoms with Gasteiger partial charge in [0.05, 0.1) is 12.2 Å². The molecule has 1 N–H and O–H groups in total. The first kappa shape index (κ1) is 14.9. The topological polar surface area (TPSA) is 64.1 Å². The fourth-order valence-corrected chi connectivity index (χ4v) is 1.60. The van der Waals surface area contributed by atoms with Crippen molar-refractivity contribution in [1.29, 1.82) is 0 Å². The number of nitrogens with one attached hydrogen (secondary N) is 1. The van der Waals surface area contributed by atoms with Crippen molar-refractivity contribution < 1.29 is 9.53 Å². The van der Waals surface area contributed by atoms with E-state index in [1.54, 1.807) is 0 Å². The smallest absolute Gasteiger partial charge is 0.320 e. The van der Waals surface area contributed by atoms with Crippen LogP contribution in [0.15, 0.2) is 6.07 Å². The summed E-state index contributed by atoms with van der Waals surface area (Å²) in [6.07, 6.45) is 0. The minimum atomic E-state index is -0.465. The number of carbonyl (C=O) groups excluding carboxylic acids is 1. The summed E-state index contributed by atoms with van der Waals surface area (Å²) in [5.74, 6) is -0.292. The average molecular weight is 272 g/mol. The molecule has 5 nitrogen and oxygen atoms in total. The van der Waals surface area contributed by atoms with Crippen LogP contribution in [0.2, 0.25) is 5.28 Å². The highest BCUT2D eigenvalue weighted by atomic mass is 35.5. The molecule has 0 spiro atoms. The number of aryl methyl sites for hydroxylation is 1. The zero-order valence-electron chi connectivity index (χ0n) is 11.1. The molecule has 0 aliphatic rings. The summed E-state index contributed by atoms with van der Waals surface area (Å²) in [7, 11) is 0. The van der Waals surface area contributed by atoms with Crippen LogP contribution in [-0.2, 0) is 16.1 Å². The zero-order chi connectivity index (χ0) is 13.8. The SMILES string of the molecule is Cc1cc(CNCC(=O)OC(C)(C)C)nc(Cl)n1. The van der Waals surface area contributed by atoms with Crippen LogP contribution in [0.25, 0.3) is 0 Å². The average Bonchev–Trinajstić information content (AvgIpc) is 2.12. The normalized spacial score (nSPS) is 11.4. The number of hydrogen-bond donors (Lipinski definition) is 1. The standard InChI is InChI=1S/C12H18ClN3O2/c1-8-5-9(16-11(13)15-8)6-14-7-10(17)18-12(2,3)4/h5,14H,6-7H2,1-4H3. The number of hydrogen-bond acceptors (Lipinski definition) is 5. The molecule has 0 saturated carbocycles. The van der Waals surface area contributed by atoms with Crippen molar-refractivity contribution in [2.45, 2.75) is 39.8 Å². The molecule has 0 aromatic carbocycles. The molecule has 1 aromatic heterocycles. The van der Waals surface area contributed by atoms with Gasteiger partial charge in [-0.15, -0.1) is 0 Å². The van der Waals surface area contributed by atoms with E-state index in [2.05, 4.69) is 15.3 Å². The molecule has 100 valence electrons. The highest BCUT2D eigenvalue weighted by Gasteiger charge is 2.15. The summed E-state index contributed by atoms with van der Waals surface area (Å²) >= 11 is 5.74. The zero-order valence-corrected chi connectivity index (χ0v) is 11.8. The maximum atomic E-state index is 11.4. The number of nitrogens with zero attached hydrogens (tertiary/aromatic N) is 2. The number of esters is 1. The largest absolute Gasteiger partial charge is 0.459 e. The van der Waals surface area contributed by atoms with Gasteiger partial charge in [0.15, 0.2) is 0 Å². The van der Waals surface area contributed by atoms with Crippen LogP contribution in [0, 0.1) is 6.92 Å². The molecule has 1 heterocycles. The summed E-state index contributed by atoms with van der Waals surface area (Å²) in [6, 6.07) is 1.81. The second kappa shape index (κ2) is 6.11. The molecular weight excluding hydrogens is 254 g/mol. The van der Waals surface area contributed by atoms with Crippen molar-refractivity contribution in [2.24, 2.45) is 0 Å². The van der Waals surface area contributed by atoms with Crippen molar-refractivity contribution in [1.82, 2.24) is 15.3 Å². The third kappa shape index (κ3) is 5.93. The summed E-state index contributed by atoms with van der Waals surface area (Å²) < 4.78 is 5.16. The monoisotopic (exact) mass is 271 g/mol. The highest BCUT2D eigenvalue weighted by molar-refractivity contribution is 6.28. The van der Waals surface area contributed by atoms with E-state index in [1.165, 1.54) is 0 Å². The molecule has 0 saturated heterocycles. The molecule has 0 aliphatic carbocycles. The molecule has 0 bridgehead atoms. The number of rotatable bonds is 4. The Hall–Kier alpha value is -1.20. The van der Waals surface area contributed by atoms with Gasteiger partial charge in [-0.05, 0) is 45.4 Å². The molecule has 0 fully saturated rings. The number of aromatic nitrogens is 2. The van der Waals surface area contributed by atoms with E-state index >= 15 is 0 Å².